The second-order valence-corrected chi connectivity index (χ2v) is 9.49. The van der Waals surface area contributed by atoms with Crippen LogP contribution in [0.25, 0.3) is 5.76 Å². The fraction of sp³-hybridized carbons (Fsp3) is 0.267. The van der Waals surface area contributed by atoms with E-state index in [1.54, 1.807) is 30.3 Å². The van der Waals surface area contributed by atoms with Crippen LogP contribution >= 0.6 is 0 Å². The summed E-state index contributed by atoms with van der Waals surface area (Å²) in [5, 5.41) is 21.2. The Morgan fingerprint density at radius 1 is 1.00 bits per heavy atom. The van der Waals surface area contributed by atoms with Gasteiger partial charge in [0.25, 0.3) is 11.7 Å². The molecular weight excluding hydrogens is 468 g/mol. The number of rotatable bonds is 9. The van der Waals surface area contributed by atoms with Crippen LogP contribution in [0.2, 0.25) is 0 Å². The highest BCUT2D eigenvalue weighted by molar-refractivity contribution is 6.46. The van der Waals surface area contributed by atoms with Gasteiger partial charge in [0.1, 0.15) is 23.9 Å². The molecule has 1 aliphatic heterocycles. The molecule has 1 fully saturated rings. The summed E-state index contributed by atoms with van der Waals surface area (Å²) in [6, 6.07) is 20.7. The Hall–Kier alpha value is -4.10. The standard InChI is InChI=1S/C30H32N2O5/c1-20-18-24(37-19-21-8-5-4-6-9-21)14-15-25(20)28(34)26-27(22-10-12-23(33)13-11-22)32(30(36)29(26)35)17-7-16-31(2)3/h4-6,8-15,18,27,33-34H,7,16-17,19H2,1-3H3/t27-/m0/s1. The van der Waals surface area contributed by atoms with Crippen LogP contribution in [0.3, 0.4) is 0 Å². The Bertz CT molecular complexity index is 1300. The molecule has 1 saturated heterocycles. The molecule has 1 amide bonds. The minimum atomic E-state index is -0.754. The molecule has 0 bridgehead atoms. The molecule has 1 heterocycles. The van der Waals surface area contributed by atoms with Crippen LogP contribution < -0.4 is 4.74 Å². The molecule has 7 heteroatoms. The molecule has 192 valence electrons. The predicted molar refractivity (Wildman–Crippen MR) is 142 cm³/mol. The number of benzene rings is 3. The molecule has 1 aliphatic rings. The number of Topliss-reactive ketones (excluding diaryl/α,β-unsaturated/α-hetero) is 1. The minimum absolute atomic E-state index is 0.0431. The number of ketones is 1. The van der Waals surface area contributed by atoms with Gasteiger partial charge in [-0.15, -0.1) is 0 Å². The van der Waals surface area contributed by atoms with Gasteiger partial charge in [-0.3, -0.25) is 9.59 Å². The lowest BCUT2D eigenvalue weighted by molar-refractivity contribution is -0.139. The Labute approximate surface area is 217 Å². The van der Waals surface area contributed by atoms with Crippen molar-refractivity contribution in [2.75, 3.05) is 27.2 Å². The average molecular weight is 501 g/mol. The number of aryl methyl sites for hydroxylation is 1. The van der Waals surface area contributed by atoms with Gasteiger partial charge >= 0.3 is 0 Å². The van der Waals surface area contributed by atoms with E-state index in [2.05, 4.69) is 0 Å². The molecule has 0 radical (unpaired) electrons. The summed E-state index contributed by atoms with van der Waals surface area (Å²) < 4.78 is 5.90. The van der Waals surface area contributed by atoms with Gasteiger partial charge in [-0.05, 0) is 81.0 Å². The minimum Gasteiger partial charge on any atom is -0.508 e. The van der Waals surface area contributed by atoms with Gasteiger partial charge in [-0.1, -0.05) is 42.5 Å². The van der Waals surface area contributed by atoms with E-state index in [1.807, 2.05) is 56.3 Å². The lowest BCUT2D eigenvalue weighted by atomic mass is 9.93. The van der Waals surface area contributed by atoms with Gasteiger partial charge in [-0.25, -0.2) is 0 Å². The zero-order chi connectivity index (χ0) is 26.5. The Morgan fingerprint density at radius 3 is 2.35 bits per heavy atom. The van der Waals surface area contributed by atoms with Crippen molar-refractivity contribution < 1.29 is 24.5 Å². The smallest absolute Gasteiger partial charge is 0.295 e. The van der Waals surface area contributed by atoms with Gasteiger partial charge < -0.3 is 24.7 Å². The summed E-state index contributed by atoms with van der Waals surface area (Å²) in [5.74, 6) is -0.867. The largest absolute Gasteiger partial charge is 0.508 e. The summed E-state index contributed by atoms with van der Waals surface area (Å²) in [6.07, 6.45) is 0.668. The molecule has 0 aliphatic carbocycles. The topological polar surface area (TPSA) is 90.3 Å². The number of carbonyl (C=O) groups is 2. The van der Waals surface area contributed by atoms with E-state index in [1.165, 1.54) is 17.0 Å². The van der Waals surface area contributed by atoms with E-state index in [4.69, 9.17) is 4.74 Å². The van der Waals surface area contributed by atoms with E-state index in [0.29, 0.717) is 42.0 Å². The van der Waals surface area contributed by atoms with Gasteiger partial charge in [0.05, 0.1) is 11.6 Å². The van der Waals surface area contributed by atoms with E-state index in [9.17, 15) is 19.8 Å². The lowest BCUT2D eigenvalue weighted by Gasteiger charge is -2.26. The van der Waals surface area contributed by atoms with Gasteiger partial charge in [-0.2, -0.15) is 0 Å². The molecule has 4 rings (SSSR count). The molecule has 3 aromatic carbocycles. The Kier molecular flexibility index (Phi) is 7.94. The first kappa shape index (κ1) is 26.0. The number of nitrogens with zero attached hydrogens (tertiary/aromatic N) is 2. The third-order valence-corrected chi connectivity index (χ3v) is 6.45. The summed E-state index contributed by atoms with van der Waals surface area (Å²) in [6.45, 7) is 3.34. The normalized spacial score (nSPS) is 17.0. The molecule has 0 aromatic heterocycles. The number of aliphatic hydroxyl groups excluding tert-OH is 1. The van der Waals surface area contributed by atoms with Crippen LogP contribution in [0.15, 0.2) is 78.4 Å². The Morgan fingerprint density at radius 2 is 1.70 bits per heavy atom. The number of aromatic hydroxyl groups is 1. The van der Waals surface area contributed by atoms with E-state index < -0.39 is 17.7 Å². The lowest BCUT2D eigenvalue weighted by Crippen LogP contribution is -2.32. The maximum atomic E-state index is 13.2. The molecule has 3 aromatic rings. The third kappa shape index (κ3) is 5.84. The predicted octanol–water partition coefficient (Wildman–Crippen LogP) is 4.65. The van der Waals surface area contributed by atoms with Crippen LogP contribution in [-0.2, 0) is 16.2 Å². The number of phenols is 1. The molecule has 7 nitrogen and oxygen atoms in total. The number of amides is 1. The van der Waals surface area contributed by atoms with Gasteiger partial charge in [0.2, 0.25) is 0 Å². The van der Waals surface area contributed by atoms with Crippen molar-refractivity contribution in [1.29, 1.82) is 0 Å². The first-order valence-corrected chi connectivity index (χ1v) is 12.3. The first-order chi connectivity index (χ1) is 17.8. The monoisotopic (exact) mass is 500 g/mol. The highest BCUT2D eigenvalue weighted by Gasteiger charge is 2.45. The SMILES string of the molecule is Cc1cc(OCc2ccccc2)ccc1C(O)=C1C(=O)C(=O)N(CCCN(C)C)[C@H]1c1ccc(O)cc1. The average Bonchev–Trinajstić information content (AvgIpc) is 3.13. The summed E-state index contributed by atoms with van der Waals surface area (Å²) in [4.78, 5) is 29.8. The van der Waals surface area contributed by atoms with Crippen LogP contribution in [0.5, 0.6) is 11.5 Å². The van der Waals surface area contributed by atoms with Crippen LogP contribution in [0, 0.1) is 6.92 Å². The number of hydrogen-bond donors (Lipinski definition) is 2. The number of carbonyl (C=O) groups excluding carboxylic acids is 2. The van der Waals surface area contributed by atoms with Crippen LogP contribution in [-0.4, -0.2) is 58.9 Å². The molecule has 37 heavy (non-hydrogen) atoms. The molecule has 0 saturated carbocycles. The fourth-order valence-corrected chi connectivity index (χ4v) is 4.55. The number of phenolic OH excluding ortho intramolecular Hbond substituents is 1. The van der Waals surface area contributed by atoms with Gasteiger partial charge in [0, 0.05) is 12.1 Å². The molecule has 0 spiro atoms. The van der Waals surface area contributed by atoms with E-state index in [-0.39, 0.29) is 17.1 Å². The van der Waals surface area contributed by atoms with Crippen LogP contribution in [0.4, 0.5) is 0 Å². The molecule has 1 atom stereocenters. The van der Waals surface area contributed by atoms with E-state index in [0.717, 1.165) is 12.1 Å². The highest BCUT2D eigenvalue weighted by atomic mass is 16.5. The maximum absolute atomic E-state index is 13.2. The summed E-state index contributed by atoms with van der Waals surface area (Å²) >= 11 is 0. The van der Waals surface area contributed by atoms with Crippen LogP contribution in [0.1, 0.15) is 34.7 Å². The molecule has 2 N–H and O–H groups in total. The first-order valence-electron chi connectivity index (χ1n) is 12.3. The number of ether oxygens (including phenoxy) is 1. The van der Waals surface area contributed by atoms with Crippen molar-refractivity contribution in [3.05, 3.63) is 101 Å². The van der Waals surface area contributed by atoms with Gasteiger partial charge in [0.15, 0.2) is 0 Å². The Balaban J connectivity index is 1.68. The zero-order valence-corrected chi connectivity index (χ0v) is 21.3. The highest BCUT2D eigenvalue weighted by Crippen LogP contribution is 2.40. The quantitative estimate of drug-likeness (QED) is 0.253. The second-order valence-electron chi connectivity index (χ2n) is 9.49. The summed E-state index contributed by atoms with van der Waals surface area (Å²) in [5.41, 5.74) is 2.90. The van der Waals surface area contributed by atoms with E-state index >= 15 is 0 Å². The molecular formula is C30H32N2O5. The number of hydrogen-bond acceptors (Lipinski definition) is 6. The third-order valence-electron chi connectivity index (χ3n) is 6.45. The van der Waals surface area contributed by atoms with Crippen molar-refractivity contribution in [3.8, 4) is 11.5 Å². The van der Waals surface area contributed by atoms with Crippen molar-refractivity contribution >= 4 is 17.4 Å². The second kappa shape index (κ2) is 11.3. The number of aliphatic hydroxyl groups is 1. The van der Waals surface area contributed by atoms with Crippen molar-refractivity contribution in [3.63, 3.8) is 0 Å². The van der Waals surface area contributed by atoms with Crippen molar-refractivity contribution in [2.45, 2.75) is 26.0 Å². The fourth-order valence-electron chi connectivity index (χ4n) is 4.55. The van der Waals surface area contributed by atoms with Crippen molar-refractivity contribution in [1.82, 2.24) is 9.80 Å². The zero-order valence-electron chi connectivity index (χ0n) is 21.3. The molecule has 0 unspecified atom stereocenters. The maximum Gasteiger partial charge on any atom is 0.295 e. The van der Waals surface area contributed by atoms with Crippen molar-refractivity contribution in [2.24, 2.45) is 0 Å². The summed E-state index contributed by atoms with van der Waals surface area (Å²) in [7, 11) is 3.89. The number of likely N-dealkylation sites (tertiary alicyclic amines) is 1.